The monoisotopic (exact) mass is 334 g/mol. The number of hydrogen-bond donors (Lipinski definition) is 0. The largest absolute Gasteiger partial charge is 2.00 e. The molecular weight excluding hydrogens is 312 g/mol. The van der Waals surface area contributed by atoms with Gasteiger partial charge in [0.1, 0.15) is 0 Å². The van der Waals surface area contributed by atoms with E-state index in [1.165, 1.54) is 16.3 Å². The first-order valence-electron chi connectivity index (χ1n) is 7.07. The third-order valence-electron chi connectivity index (χ3n) is 3.30. The Hall–Kier alpha value is -1.34. The minimum atomic E-state index is -1.14. The number of benzene rings is 1. The van der Waals surface area contributed by atoms with E-state index in [4.69, 9.17) is 0 Å². The fourth-order valence-corrected chi connectivity index (χ4v) is 3.22. The van der Waals surface area contributed by atoms with Crippen molar-refractivity contribution in [2.45, 2.75) is 19.6 Å². The Morgan fingerprint density at radius 3 is 1.76 bits per heavy atom. The Labute approximate surface area is 140 Å². The van der Waals surface area contributed by atoms with Crippen molar-refractivity contribution in [1.29, 1.82) is 0 Å². The minimum absolute atomic E-state index is 0. The SMILES string of the molecule is C[Si](C)(C)c1ccc(-c2ccc[cH-]2)cc1.[Fe+2].c1cc[cH-]c1. The molecule has 110 valence electrons. The van der Waals surface area contributed by atoms with Gasteiger partial charge in [0.15, 0.2) is 0 Å². The van der Waals surface area contributed by atoms with Crippen molar-refractivity contribution in [3.05, 3.63) is 78.9 Å². The molecule has 3 rings (SSSR count). The minimum Gasteiger partial charge on any atom is -0.214 e. The van der Waals surface area contributed by atoms with Crippen LogP contribution in [0.25, 0.3) is 11.1 Å². The van der Waals surface area contributed by atoms with E-state index in [0.29, 0.717) is 0 Å². The molecule has 0 heterocycles. The maximum Gasteiger partial charge on any atom is 2.00 e. The van der Waals surface area contributed by atoms with Gasteiger partial charge in [0.2, 0.25) is 0 Å². The Balaban J connectivity index is 0.000000313. The molecule has 0 bridgehead atoms. The topological polar surface area (TPSA) is 0 Å². The zero-order chi connectivity index (χ0) is 14.4. The number of hydrogen-bond acceptors (Lipinski definition) is 0. The second kappa shape index (κ2) is 8.19. The Morgan fingerprint density at radius 2 is 1.38 bits per heavy atom. The van der Waals surface area contributed by atoms with Gasteiger partial charge in [-0.15, -0.1) is 11.6 Å². The molecule has 0 spiro atoms. The first kappa shape index (κ1) is 17.7. The molecule has 0 aliphatic heterocycles. The van der Waals surface area contributed by atoms with Gasteiger partial charge in [-0.25, -0.2) is 12.1 Å². The average Bonchev–Trinajstić information content (AvgIpc) is 3.14. The molecule has 0 nitrogen and oxygen atoms in total. The molecule has 0 radical (unpaired) electrons. The van der Waals surface area contributed by atoms with E-state index in [9.17, 15) is 0 Å². The van der Waals surface area contributed by atoms with Crippen molar-refractivity contribution in [2.75, 3.05) is 0 Å². The van der Waals surface area contributed by atoms with Crippen LogP contribution in [0.4, 0.5) is 0 Å². The Kier molecular flexibility index (Phi) is 6.90. The van der Waals surface area contributed by atoms with E-state index < -0.39 is 8.07 Å². The van der Waals surface area contributed by atoms with Crippen molar-refractivity contribution in [3.8, 4) is 11.1 Å². The van der Waals surface area contributed by atoms with E-state index in [-0.39, 0.29) is 17.1 Å². The van der Waals surface area contributed by atoms with Crippen LogP contribution in [0.15, 0.2) is 78.9 Å². The van der Waals surface area contributed by atoms with Crippen molar-refractivity contribution in [1.82, 2.24) is 0 Å². The molecule has 0 aliphatic carbocycles. The van der Waals surface area contributed by atoms with Crippen LogP contribution in [0.2, 0.25) is 19.6 Å². The van der Waals surface area contributed by atoms with Crippen LogP contribution in [0.1, 0.15) is 0 Å². The molecule has 0 N–H and O–H groups in total. The molecule has 0 saturated heterocycles. The third-order valence-corrected chi connectivity index (χ3v) is 5.37. The predicted octanol–water partition coefficient (Wildman–Crippen LogP) is 5.02. The van der Waals surface area contributed by atoms with Gasteiger partial charge in [0, 0.05) is 0 Å². The molecule has 0 aromatic heterocycles. The van der Waals surface area contributed by atoms with Gasteiger partial charge in [-0.1, -0.05) is 49.1 Å². The van der Waals surface area contributed by atoms with Crippen molar-refractivity contribution in [3.63, 3.8) is 0 Å². The zero-order valence-electron chi connectivity index (χ0n) is 12.9. The van der Waals surface area contributed by atoms with E-state index >= 15 is 0 Å². The summed E-state index contributed by atoms with van der Waals surface area (Å²) in [6.45, 7) is 7.14. The molecular formula is C19H22FeSi. The predicted molar refractivity (Wildman–Crippen MR) is 92.5 cm³/mol. The van der Waals surface area contributed by atoms with Crippen molar-refractivity contribution < 1.29 is 17.1 Å². The summed E-state index contributed by atoms with van der Waals surface area (Å²) in [6.07, 6.45) is 0. The van der Waals surface area contributed by atoms with Crippen LogP contribution in [-0.2, 0) is 17.1 Å². The van der Waals surface area contributed by atoms with Crippen LogP contribution >= 0.6 is 0 Å². The van der Waals surface area contributed by atoms with Gasteiger partial charge in [0.05, 0.1) is 8.07 Å². The second-order valence-corrected chi connectivity index (χ2v) is 11.0. The van der Waals surface area contributed by atoms with Crippen LogP contribution in [0.5, 0.6) is 0 Å². The molecule has 0 unspecified atom stereocenters. The maximum atomic E-state index is 2.38. The average molecular weight is 334 g/mol. The van der Waals surface area contributed by atoms with Crippen molar-refractivity contribution >= 4 is 13.3 Å². The van der Waals surface area contributed by atoms with E-state index in [1.807, 2.05) is 30.3 Å². The molecule has 0 saturated carbocycles. The Morgan fingerprint density at radius 1 is 0.762 bits per heavy atom. The summed E-state index contributed by atoms with van der Waals surface area (Å²) in [4.78, 5) is 0. The fraction of sp³-hybridized carbons (Fsp3) is 0.158. The summed E-state index contributed by atoms with van der Waals surface area (Å²) < 4.78 is 0. The molecule has 3 aromatic rings. The molecule has 3 aromatic carbocycles. The molecule has 2 heteroatoms. The van der Waals surface area contributed by atoms with Gasteiger partial charge >= 0.3 is 17.1 Å². The number of rotatable bonds is 2. The summed E-state index contributed by atoms with van der Waals surface area (Å²) in [5.41, 5.74) is 2.64. The van der Waals surface area contributed by atoms with E-state index in [0.717, 1.165) is 0 Å². The summed E-state index contributed by atoms with van der Waals surface area (Å²) in [6, 6.07) is 27.5. The molecule has 0 aliphatic rings. The van der Waals surface area contributed by atoms with Crippen LogP contribution in [0.3, 0.4) is 0 Å². The van der Waals surface area contributed by atoms with E-state index in [2.05, 4.69) is 68.2 Å². The summed E-state index contributed by atoms with van der Waals surface area (Å²) in [5, 5.41) is 1.53. The molecule has 0 amide bonds. The molecule has 0 atom stereocenters. The van der Waals surface area contributed by atoms with Gasteiger partial charge in [-0.3, -0.25) is 0 Å². The van der Waals surface area contributed by atoms with Gasteiger partial charge in [-0.05, 0) is 0 Å². The van der Waals surface area contributed by atoms with Gasteiger partial charge < -0.3 is 0 Å². The van der Waals surface area contributed by atoms with E-state index in [1.54, 1.807) is 0 Å². The first-order chi connectivity index (χ1) is 9.57. The van der Waals surface area contributed by atoms with Crippen molar-refractivity contribution in [2.24, 2.45) is 0 Å². The smallest absolute Gasteiger partial charge is 0.214 e. The summed E-state index contributed by atoms with van der Waals surface area (Å²) in [5.74, 6) is 0. The standard InChI is InChI=1S/C14H17Si.C5H5.Fe/c1-15(2,3)14-10-8-13(9-11-14)12-6-4-5-7-12;1-2-4-5-3-1;/h4-11H,1-3H3;1-5H;/q2*-1;+2. The van der Waals surface area contributed by atoms with Crippen LogP contribution < -0.4 is 5.19 Å². The second-order valence-electron chi connectivity index (χ2n) is 5.96. The molecule has 21 heavy (non-hydrogen) atoms. The summed E-state index contributed by atoms with van der Waals surface area (Å²) >= 11 is 0. The van der Waals surface area contributed by atoms with Crippen LogP contribution in [0, 0.1) is 0 Å². The zero-order valence-corrected chi connectivity index (χ0v) is 15.0. The van der Waals surface area contributed by atoms with Crippen LogP contribution in [-0.4, -0.2) is 8.07 Å². The normalized spacial score (nSPS) is 10.2. The summed E-state index contributed by atoms with van der Waals surface area (Å²) in [7, 11) is -1.14. The third kappa shape index (κ3) is 5.51. The quantitative estimate of drug-likeness (QED) is 0.456. The van der Waals surface area contributed by atoms with Gasteiger partial charge in [0.25, 0.3) is 0 Å². The first-order valence-corrected chi connectivity index (χ1v) is 10.6. The Bertz CT molecular complexity index is 567. The fourth-order valence-electron chi connectivity index (χ4n) is 2.05. The molecule has 0 fully saturated rings. The van der Waals surface area contributed by atoms with Gasteiger partial charge in [-0.2, -0.15) is 42.0 Å². The maximum absolute atomic E-state index is 2.38.